The van der Waals surface area contributed by atoms with Crippen molar-refractivity contribution in [3.05, 3.63) is 81.9 Å². The van der Waals surface area contributed by atoms with Gasteiger partial charge in [0, 0.05) is 16.8 Å². The first kappa shape index (κ1) is 18.3. The van der Waals surface area contributed by atoms with Crippen molar-refractivity contribution >= 4 is 29.6 Å². The molecular weight excluding hydrogens is 372 g/mol. The fourth-order valence-electron chi connectivity index (χ4n) is 3.11. The van der Waals surface area contributed by atoms with E-state index in [1.807, 2.05) is 25.1 Å². The third kappa shape index (κ3) is 3.64. The maximum absolute atomic E-state index is 11.1. The van der Waals surface area contributed by atoms with Gasteiger partial charge in [0.25, 0.3) is 6.02 Å². The summed E-state index contributed by atoms with van der Waals surface area (Å²) in [5, 5.41) is 3.84. The number of hydrogen-bond acceptors (Lipinski definition) is 4. The Morgan fingerprint density at radius 2 is 1.86 bits per heavy atom. The lowest BCUT2D eigenvalue weighted by Crippen LogP contribution is -2.23. The Bertz CT molecular complexity index is 1090. The highest BCUT2D eigenvalue weighted by atomic mass is 35.5. The fraction of sp³-hybridized carbons (Fsp3) is 0.130. The van der Waals surface area contributed by atoms with E-state index in [1.54, 1.807) is 6.07 Å². The van der Waals surface area contributed by atoms with Gasteiger partial charge in [-0.1, -0.05) is 47.5 Å². The van der Waals surface area contributed by atoms with Crippen molar-refractivity contribution in [3.63, 3.8) is 0 Å². The monoisotopic (exact) mass is 390 g/mol. The number of nitrogens with zero attached hydrogens (tertiary/aromatic N) is 1. The highest BCUT2D eigenvalue weighted by Crippen LogP contribution is 2.35. The van der Waals surface area contributed by atoms with E-state index < -0.39 is 0 Å². The van der Waals surface area contributed by atoms with Crippen LogP contribution in [0.4, 0.5) is 5.69 Å². The molecule has 0 aromatic heterocycles. The predicted molar refractivity (Wildman–Crippen MR) is 114 cm³/mol. The number of carbonyl (C=O) groups excluding carboxylic acids is 1. The van der Waals surface area contributed by atoms with Gasteiger partial charge in [-0.3, -0.25) is 4.79 Å². The summed E-state index contributed by atoms with van der Waals surface area (Å²) in [6, 6.07) is 18.0. The van der Waals surface area contributed by atoms with Gasteiger partial charge in [-0.05, 0) is 54.8 Å². The van der Waals surface area contributed by atoms with Crippen LogP contribution in [0.2, 0.25) is 5.02 Å². The van der Waals surface area contributed by atoms with Gasteiger partial charge in [-0.25, -0.2) is 4.99 Å². The molecule has 140 valence electrons. The molecule has 0 amide bonds. The first-order valence-corrected chi connectivity index (χ1v) is 9.36. The highest BCUT2D eigenvalue weighted by Gasteiger charge is 2.17. The van der Waals surface area contributed by atoms with Crippen molar-refractivity contribution in [2.24, 2.45) is 4.99 Å². The second-order valence-corrected chi connectivity index (χ2v) is 7.25. The molecule has 4 nitrogen and oxygen atoms in total. The second kappa shape index (κ2) is 7.49. The highest BCUT2D eigenvalue weighted by molar-refractivity contribution is 6.33. The van der Waals surface area contributed by atoms with E-state index in [9.17, 15) is 4.79 Å². The van der Waals surface area contributed by atoms with E-state index in [1.165, 1.54) is 5.56 Å². The zero-order valence-electron chi connectivity index (χ0n) is 15.6. The molecule has 0 spiro atoms. The number of halogens is 1. The van der Waals surface area contributed by atoms with Crippen LogP contribution in [0.1, 0.15) is 27.0 Å². The van der Waals surface area contributed by atoms with Crippen LogP contribution in [-0.4, -0.2) is 12.3 Å². The number of aryl methyl sites for hydroxylation is 2. The third-order valence-corrected chi connectivity index (χ3v) is 5.09. The summed E-state index contributed by atoms with van der Waals surface area (Å²) in [5.74, 6) is 0.560. The Hall–Kier alpha value is -3.11. The number of aliphatic imine (C=N–C) groups is 1. The van der Waals surface area contributed by atoms with Gasteiger partial charge < -0.3 is 10.1 Å². The van der Waals surface area contributed by atoms with Crippen LogP contribution < -0.4 is 10.1 Å². The lowest BCUT2D eigenvalue weighted by atomic mass is 10.00. The molecule has 3 aromatic rings. The molecule has 1 N–H and O–H groups in total. The van der Waals surface area contributed by atoms with Crippen LogP contribution in [0.25, 0.3) is 11.1 Å². The van der Waals surface area contributed by atoms with Crippen LogP contribution >= 0.6 is 11.6 Å². The molecule has 0 saturated heterocycles. The minimum atomic E-state index is 0.382. The normalized spacial score (nSPS) is 12.6. The molecule has 0 saturated carbocycles. The van der Waals surface area contributed by atoms with Crippen molar-refractivity contribution < 1.29 is 9.53 Å². The molecular formula is C23H19ClN2O2. The molecule has 0 fully saturated rings. The lowest BCUT2D eigenvalue weighted by molar-refractivity contribution is 0.112. The molecule has 1 aliphatic heterocycles. The first-order chi connectivity index (χ1) is 13.5. The molecule has 0 unspecified atom stereocenters. The molecule has 4 rings (SSSR count). The average Bonchev–Trinajstić information content (AvgIpc) is 2.69. The molecule has 28 heavy (non-hydrogen) atoms. The van der Waals surface area contributed by atoms with E-state index in [0.29, 0.717) is 28.9 Å². The Morgan fingerprint density at radius 3 is 2.61 bits per heavy atom. The zero-order valence-corrected chi connectivity index (χ0v) is 16.4. The Kier molecular flexibility index (Phi) is 4.88. The number of hydrogen-bond donors (Lipinski definition) is 1. The number of ether oxygens (including phenoxy) is 1. The van der Waals surface area contributed by atoms with Gasteiger partial charge in [-0.2, -0.15) is 0 Å². The Labute approximate surface area is 168 Å². The van der Waals surface area contributed by atoms with Crippen molar-refractivity contribution in [2.75, 3.05) is 5.32 Å². The van der Waals surface area contributed by atoms with E-state index >= 15 is 0 Å². The zero-order chi connectivity index (χ0) is 19.7. The summed E-state index contributed by atoms with van der Waals surface area (Å²) < 4.78 is 5.81. The summed E-state index contributed by atoms with van der Waals surface area (Å²) >= 11 is 6.54. The first-order valence-electron chi connectivity index (χ1n) is 8.98. The SMILES string of the molecule is Cc1ccc(-c2cc3c(cc2Cl)NC(Oc2ccc(C)c(C=O)c2)=NC3)cc1. The smallest absolute Gasteiger partial charge is 0.295 e. The minimum absolute atomic E-state index is 0.382. The topological polar surface area (TPSA) is 50.7 Å². The summed E-state index contributed by atoms with van der Waals surface area (Å²) in [6.45, 7) is 4.43. The molecule has 0 radical (unpaired) electrons. The van der Waals surface area contributed by atoms with Crippen LogP contribution in [0.5, 0.6) is 5.75 Å². The average molecular weight is 391 g/mol. The van der Waals surface area contributed by atoms with Crippen LogP contribution in [-0.2, 0) is 6.54 Å². The second-order valence-electron chi connectivity index (χ2n) is 6.84. The fourth-order valence-corrected chi connectivity index (χ4v) is 3.38. The maximum Gasteiger partial charge on any atom is 0.295 e. The van der Waals surface area contributed by atoms with Gasteiger partial charge in [0.2, 0.25) is 0 Å². The number of fused-ring (bicyclic) bond motifs is 1. The quantitative estimate of drug-likeness (QED) is 0.575. The molecule has 0 atom stereocenters. The van der Waals surface area contributed by atoms with Gasteiger partial charge in [-0.15, -0.1) is 0 Å². The van der Waals surface area contributed by atoms with E-state index in [0.717, 1.165) is 34.2 Å². The Balaban J connectivity index is 1.58. The maximum atomic E-state index is 11.1. The largest absolute Gasteiger partial charge is 0.426 e. The summed E-state index contributed by atoms with van der Waals surface area (Å²) in [7, 11) is 0. The van der Waals surface area contributed by atoms with Gasteiger partial charge in [0.05, 0.1) is 11.6 Å². The van der Waals surface area contributed by atoms with Crippen molar-refractivity contribution in [1.82, 2.24) is 0 Å². The van der Waals surface area contributed by atoms with Crippen LogP contribution in [0.3, 0.4) is 0 Å². The molecule has 5 heteroatoms. The molecule has 0 aliphatic carbocycles. The number of nitrogens with one attached hydrogen (secondary N) is 1. The van der Waals surface area contributed by atoms with E-state index in [-0.39, 0.29) is 0 Å². The molecule has 1 heterocycles. The lowest BCUT2D eigenvalue weighted by Gasteiger charge is -2.20. The summed E-state index contributed by atoms with van der Waals surface area (Å²) in [4.78, 5) is 15.6. The Morgan fingerprint density at radius 1 is 1.07 bits per heavy atom. The van der Waals surface area contributed by atoms with Gasteiger partial charge in [0.15, 0.2) is 0 Å². The number of rotatable bonds is 3. The molecule has 1 aliphatic rings. The number of amidine groups is 1. The predicted octanol–water partition coefficient (Wildman–Crippen LogP) is 5.80. The van der Waals surface area contributed by atoms with Crippen molar-refractivity contribution in [1.29, 1.82) is 0 Å². The number of benzene rings is 3. The van der Waals surface area contributed by atoms with Gasteiger partial charge in [0.1, 0.15) is 12.0 Å². The molecule has 0 bridgehead atoms. The standard InChI is InChI=1S/C23H19ClN2O2/c1-14-3-6-16(7-4-14)20-10-17-12-25-23(26-22(17)11-21(20)24)28-19-8-5-15(2)18(9-19)13-27/h3-11,13H,12H2,1-2H3,(H,25,26). The minimum Gasteiger partial charge on any atom is -0.426 e. The number of carbonyl (C=O) groups is 1. The van der Waals surface area contributed by atoms with Crippen LogP contribution in [0, 0.1) is 13.8 Å². The number of anilines is 1. The van der Waals surface area contributed by atoms with E-state index in [2.05, 4.69) is 47.6 Å². The summed E-state index contributed by atoms with van der Waals surface area (Å²) in [5.41, 5.74) is 6.68. The molecule has 3 aromatic carbocycles. The van der Waals surface area contributed by atoms with Crippen LogP contribution in [0.15, 0.2) is 59.6 Å². The summed E-state index contributed by atoms with van der Waals surface area (Å²) in [6.07, 6.45) is 0.819. The van der Waals surface area contributed by atoms with Gasteiger partial charge >= 0.3 is 0 Å². The van der Waals surface area contributed by atoms with E-state index in [4.69, 9.17) is 16.3 Å². The van der Waals surface area contributed by atoms with Crippen molar-refractivity contribution in [2.45, 2.75) is 20.4 Å². The van der Waals surface area contributed by atoms with Crippen molar-refractivity contribution in [3.8, 4) is 16.9 Å². The number of aldehydes is 1. The third-order valence-electron chi connectivity index (χ3n) is 4.78.